The number of rotatable bonds is 6. The Hall–Kier alpha value is -3.81. The first kappa shape index (κ1) is 27.7. The zero-order chi connectivity index (χ0) is 28.8. The summed E-state index contributed by atoms with van der Waals surface area (Å²) in [7, 11) is -1.99. The zero-order valence-electron chi connectivity index (χ0n) is 22.6. The number of aromatic amines is 1. The molecule has 2 aliphatic heterocycles. The number of anilines is 2. The lowest BCUT2D eigenvalue weighted by molar-refractivity contribution is 0.0977. The molecule has 212 valence electrons. The highest BCUT2D eigenvalue weighted by molar-refractivity contribution is 7.89. The van der Waals surface area contributed by atoms with Gasteiger partial charge < -0.3 is 20.9 Å². The Bertz CT molecular complexity index is 1580. The van der Waals surface area contributed by atoms with Crippen molar-refractivity contribution in [1.82, 2.24) is 19.4 Å². The Kier molecular flexibility index (Phi) is 7.15. The number of amides is 2. The van der Waals surface area contributed by atoms with Crippen molar-refractivity contribution in [3.05, 3.63) is 70.7 Å². The number of halogens is 1. The molecule has 0 radical (unpaired) electrons. The molecule has 0 aliphatic carbocycles. The molecule has 0 bridgehead atoms. The molecule has 0 saturated carbocycles. The number of nitrogens with two attached hydrogens (primary N) is 1. The van der Waals surface area contributed by atoms with E-state index in [0.717, 1.165) is 37.9 Å². The number of H-pyrrole nitrogens is 1. The van der Waals surface area contributed by atoms with Crippen LogP contribution >= 0.6 is 0 Å². The molecule has 0 unspecified atom stereocenters. The SMILES string of the molecule is CN1CCN(c2ccc(C(=O)Nc3n[nH]c4c3CN(S(=O)(=O)c3cccc(F)c3)CC4(C)C)c(C(N)=O)c2)CC1. The molecule has 2 aromatic carbocycles. The number of primary amides is 1. The van der Waals surface area contributed by atoms with Gasteiger partial charge in [-0.2, -0.15) is 9.40 Å². The molecule has 0 atom stereocenters. The van der Waals surface area contributed by atoms with E-state index in [1.807, 2.05) is 20.9 Å². The molecule has 3 aromatic rings. The van der Waals surface area contributed by atoms with E-state index in [1.165, 1.54) is 22.5 Å². The van der Waals surface area contributed by atoms with Gasteiger partial charge in [-0.25, -0.2) is 12.8 Å². The summed E-state index contributed by atoms with van der Waals surface area (Å²) in [6, 6.07) is 9.81. The van der Waals surface area contributed by atoms with Gasteiger partial charge in [-0.05, 0) is 43.4 Å². The minimum Gasteiger partial charge on any atom is -0.369 e. The largest absolute Gasteiger partial charge is 0.369 e. The summed E-state index contributed by atoms with van der Waals surface area (Å²) in [5, 5.41) is 9.94. The Balaban J connectivity index is 1.43. The van der Waals surface area contributed by atoms with Gasteiger partial charge in [0.1, 0.15) is 5.82 Å². The molecule has 40 heavy (non-hydrogen) atoms. The molecular weight excluding hydrogens is 537 g/mol. The summed E-state index contributed by atoms with van der Waals surface area (Å²) in [6.07, 6.45) is 0. The standard InChI is InChI=1S/C27H32FN7O4S/c1-27(2)16-35(40(38,39)19-6-4-5-17(28)13-19)15-22-23(27)31-32-25(22)30-26(37)20-8-7-18(14-21(20)24(29)36)34-11-9-33(3)10-12-34/h4-8,13-14H,9-12,15-16H2,1-3H3,(H2,29,36)(H2,30,31,32,37). The van der Waals surface area contributed by atoms with Crippen molar-refractivity contribution in [3.8, 4) is 0 Å². The molecule has 1 aromatic heterocycles. The number of nitrogens with one attached hydrogen (secondary N) is 2. The van der Waals surface area contributed by atoms with E-state index in [4.69, 9.17) is 5.73 Å². The molecule has 11 nitrogen and oxygen atoms in total. The molecule has 5 rings (SSSR count). The maximum absolute atomic E-state index is 13.8. The second kappa shape index (κ2) is 10.3. The van der Waals surface area contributed by atoms with Gasteiger partial charge in [0.25, 0.3) is 5.91 Å². The maximum atomic E-state index is 13.8. The Morgan fingerprint density at radius 2 is 1.80 bits per heavy atom. The van der Waals surface area contributed by atoms with Crippen molar-refractivity contribution in [1.29, 1.82) is 0 Å². The van der Waals surface area contributed by atoms with Crippen molar-refractivity contribution in [2.24, 2.45) is 5.73 Å². The van der Waals surface area contributed by atoms with Gasteiger partial charge in [0.2, 0.25) is 15.9 Å². The van der Waals surface area contributed by atoms with E-state index >= 15 is 0 Å². The highest BCUT2D eigenvalue weighted by atomic mass is 32.2. The van der Waals surface area contributed by atoms with Crippen LogP contribution in [0.1, 0.15) is 45.8 Å². The molecule has 2 aliphatic rings. The monoisotopic (exact) mass is 569 g/mol. The fraction of sp³-hybridized carbons (Fsp3) is 0.370. The van der Waals surface area contributed by atoms with E-state index in [1.54, 1.807) is 18.2 Å². The van der Waals surface area contributed by atoms with Crippen molar-refractivity contribution in [3.63, 3.8) is 0 Å². The predicted octanol–water partition coefficient (Wildman–Crippen LogP) is 2.13. The highest BCUT2D eigenvalue weighted by Gasteiger charge is 2.41. The van der Waals surface area contributed by atoms with Gasteiger partial charge in [-0.3, -0.25) is 14.7 Å². The number of piperazine rings is 1. The van der Waals surface area contributed by atoms with Crippen LogP contribution in [0, 0.1) is 5.82 Å². The number of carbonyl (C=O) groups is 2. The molecule has 1 fully saturated rings. The van der Waals surface area contributed by atoms with E-state index < -0.39 is 33.1 Å². The van der Waals surface area contributed by atoms with Gasteiger partial charge in [0.05, 0.1) is 16.0 Å². The van der Waals surface area contributed by atoms with Crippen molar-refractivity contribution < 1.29 is 22.4 Å². The molecule has 1 saturated heterocycles. The molecule has 0 spiro atoms. The highest BCUT2D eigenvalue weighted by Crippen LogP contribution is 2.38. The number of likely N-dealkylation sites (N-methyl/N-ethyl adjacent to an activating group) is 1. The minimum absolute atomic E-state index is 0.0777. The lowest BCUT2D eigenvalue weighted by Crippen LogP contribution is -2.45. The van der Waals surface area contributed by atoms with Gasteiger partial charge >= 0.3 is 0 Å². The van der Waals surface area contributed by atoms with E-state index in [0.29, 0.717) is 11.3 Å². The second-order valence-electron chi connectivity index (χ2n) is 10.9. The number of hydrogen-bond donors (Lipinski definition) is 3. The van der Waals surface area contributed by atoms with Crippen molar-refractivity contribution in [2.45, 2.75) is 30.7 Å². The summed E-state index contributed by atoms with van der Waals surface area (Å²) in [6.45, 7) is 7.05. The van der Waals surface area contributed by atoms with Crippen LogP contribution in [-0.4, -0.2) is 79.4 Å². The predicted molar refractivity (Wildman–Crippen MR) is 148 cm³/mol. The van der Waals surface area contributed by atoms with Gasteiger partial charge in [-0.15, -0.1) is 0 Å². The van der Waals surface area contributed by atoms with Crippen LogP contribution < -0.4 is 16.0 Å². The average Bonchev–Trinajstić information content (AvgIpc) is 3.32. The van der Waals surface area contributed by atoms with E-state index in [-0.39, 0.29) is 34.9 Å². The van der Waals surface area contributed by atoms with Crippen LogP contribution in [0.5, 0.6) is 0 Å². The second-order valence-corrected chi connectivity index (χ2v) is 12.8. The first-order chi connectivity index (χ1) is 18.9. The number of fused-ring (bicyclic) bond motifs is 1. The maximum Gasteiger partial charge on any atom is 0.257 e. The van der Waals surface area contributed by atoms with Crippen LogP contribution in [-0.2, 0) is 22.0 Å². The Labute approximate surface area is 232 Å². The first-order valence-electron chi connectivity index (χ1n) is 12.9. The van der Waals surface area contributed by atoms with Crippen molar-refractivity contribution in [2.75, 3.05) is 50.0 Å². The first-order valence-corrected chi connectivity index (χ1v) is 14.3. The number of carbonyl (C=O) groups excluding carboxylic acids is 2. The fourth-order valence-electron chi connectivity index (χ4n) is 5.25. The van der Waals surface area contributed by atoms with Crippen LogP contribution in [0.2, 0.25) is 0 Å². The third kappa shape index (κ3) is 5.19. The Morgan fingerprint density at radius 1 is 1.07 bits per heavy atom. The Morgan fingerprint density at radius 3 is 2.48 bits per heavy atom. The number of benzene rings is 2. The lowest BCUT2D eigenvalue weighted by atomic mass is 9.84. The third-order valence-corrected chi connectivity index (χ3v) is 9.29. The van der Waals surface area contributed by atoms with Crippen LogP contribution in [0.4, 0.5) is 15.9 Å². The van der Waals surface area contributed by atoms with Crippen LogP contribution in [0.3, 0.4) is 0 Å². The molecule has 13 heteroatoms. The molecule has 2 amide bonds. The summed E-state index contributed by atoms with van der Waals surface area (Å²) in [5.41, 5.74) is 7.09. The summed E-state index contributed by atoms with van der Waals surface area (Å²) >= 11 is 0. The normalized spacial score (nSPS) is 17.9. The molecular formula is C27H32FN7O4S. The molecule has 3 heterocycles. The van der Waals surface area contributed by atoms with E-state index in [2.05, 4.69) is 25.3 Å². The summed E-state index contributed by atoms with van der Waals surface area (Å²) < 4.78 is 41.9. The van der Waals surface area contributed by atoms with Crippen LogP contribution in [0.15, 0.2) is 47.4 Å². The number of aromatic nitrogens is 2. The van der Waals surface area contributed by atoms with Gasteiger partial charge in [0.15, 0.2) is 5.82 Å². The van der Waals surface area contributed by atoms with E-state index in [9.17, 15) is 22.4 Å². The number of nitrogens with zero attached hydrogens (tertiary/aromatic N) is 4. The third-order valence-electron chi connectivity index (χ3n) is 7.50. The minimum atomic E-state index is -4.04. The van der Waals surface area contributed by atoms with Crippen LogP contribution in [0.25, 0.3) is 0 Å². The quantitative estimate of drug-likeness (QED) is 0.412. The van der Waals surface area contributed by atoms with Gasteiger partial charge in [-0.1, -0.05) is 19.9 Å². The fourth-order valence-corrected chi connectivity index (χ4v) is 6.85. The number of hydrogen-bond acceptors (Lipinski definition) is 7. The number of sulfonamides is 1. The topological polar surface area (TPSA) is 145 Å². The average molecular weight is 570 g/mol. The summed E-state index contributed by atoms with van der Waals surface area (Å²) in [5.74, 6) is -1.85. The lowest BCUT2D eigenvalue weighted by Gasteiger charge is -2.36. The molecule has 4 N–H and O–H groups in total. The zero-order valence-corrected chi connectivity index (χ0v) is 23.4. The van der Waals surface area contributed by atoms with Gasteiger partial charge in [0, 0.05) is 61.6 Å². The summed E-state index contributed by atoms with van der Waals surface area (Å²) in [4.78, 5) is 29.9. The van der Waals surface area contributed by atoms with Crippen molar-refractivity contribution >= 4 is 33.3 Å². The smallest absolute Gasteiger partial charge is 0.257 e.